The predicted octanol–water partition coefficient (Wildman–Crippen LogP) is 0.718. The van der Waals surface area contributed by atoms with E-state index in [-0.39, 0.29) is 11.7 Å². The highest BCUT2D eigenvalue weighted by Crippen LogP contribution is 2.08. The van der Waals surface area contributed by atoms with Crippen molar-refractivity contribution in [1.82, 2.24) is 5.32 Å². The molecule has 0 saturated heterocycles. The maximum atomic E-state index is 11.5. The summed E-state index contributed by atoms with van der Waals surface area (Å²) in [6, 6.07) is 6.23. The Morgan fingerprint density at radius 1 is 1.23 bits per heavy atom. The molecule has 0 radical (unpaired) electrons. The highest BCUT2D eigenvalue weighted by atomic mass is 32.1. The smallest absolute Gasteiger partial charge is 0.330 e. The maximum Gasteiger partial charge on any atom is 0.330 e. The number of hydrogen-bond acceptors (Lipinski definition) is 5. The molecule has 0 aliphatic heterocycles. The van der Waals surface area contributed by atoms with E-state index in [1.165, 1.54) is 12.1 Å². The van der Waals surface area contributed by atoms with E-state index >= 15 is 0 Å². The number of carbonyl (C=O) groups excluding carboxylic acids is 3. The van der Waals surface area contributed by atoms with Gasteiger partial charge < -0.3 is 15.8 Å². The molecular formula is C14H15N3O4S. The van der Waals surface area contributed by atoms with Crippen LogP contribution in [-0.2, 0) is 14.3 Å². The zero-order valence-corrected chi connectivity index (χ0v) is 12.6. The molecule has 7 nitrogen and oxygen atoms in total. The van der Waals surface area contributed by atoms with E-state index in [0.29, 0.717) is 11.3 Å². The number of primary amides is 1. The Kier molecular flexibility index (Phi) is 6.71. The Morgan fingerprint density at radius 3 is 2.41 bits per heavy atom. The van der Waals surface area contributed by atoms with Crippen LogP contribution in [0, 0.1) is 0 Å². The van der Waals surface area contributed by atoms with Gasteiger partial charge in [0.15, 0.2) is 5.11 Å². The number of nitrogens with two attached hydrogens (primary N) is 1. The summed E-state index contributed by atoms with van der Waals surface area (Å²) in [5, 5.41) is 5.15. The SMILES string of the molecule is CCOC(=O)C=CC(=O)NC(=S)Nc1ccc(C(N)=O)cc1. The van der Waals surface area contributed by atoms with Gasteiger partial charge in [-0.05, 0) is 43.4 Å². The molecule has 0 aliphatic carbocycles. The average molecular weight is 321 g/mol. The van der Waals surface area contributed by atoms with Gasteiger partial charge in [0.1, 0.15) is 0 Å². The molecule has 0 aromatic heterocycles. The molecule has 0 fully saturated rings. The zero-order chi connectivity index (χ0) is 16.5. The molecule has 4 N–H and O–H groups in total. The first kappa shape index (κ1) is 17.3. The number of nitrogens with one attached hydrogen (secondary N) is 2. The van der Waals surface area contributed by atoms with Crippen LogP contribution in [-0.4, -0.2) is 29.5 Å². The predicted molar refractivity (Wildman–Crippen MR) is 85.1 cm³/mol. The van der Waals surface area contributed by atoms with Gasteiger partial charge >= 0.3 is 5.97 Å². The van der Waals surface area contributed by atoms with Crippen molar-refractivity contribution in [2.24, 2.45) is 5.73 Å². The van der Waals surface area contributed by atoms with E-state index < -0.39 is 17.8 Å². The van der Waals surface area contributed by atoms with Crippen LogP contribution in [0.2, 0.25) is 0 Å². The first-order chi connectivity index (χ1) is 10.4. The summed E-state index contributed by atoms with van der Waals surface area (Å²) in [6.07, 6.45) is 2.02. The summed E-state index contributed by atoms with van der Waals surface area (Å²) in [7, 11) is 0. The minimum Gasteiger partial charge on any atom is -0.463 e. The van der Waals surface area contributed by atoms with Crippen molar-refractivity contribution < 1.29 is 19.1 Å². The molecule has 0 saturated carbocycles. The highest BCUT2D eigenvalue weighted by molar-refractivity contribution is 7.80. The molecule has 1 rings (SSSR count). The lowest BCUT2D eigenvalue weighted by molar-refractivity contribution is -0.137. The third-order valence-corrected chi connectivity index (χ3v) is 2.53. The quantitative estimate of drug-likeness (QED) is 0.419. The van der Waals surface area contributed by atoms with Crippen molar-refractivity contribution in [3.05, 3.63) is 42.0 Å². The summed E-state index contributed by atoms with van der Waals surface area (Å²) in [5.41, 5.74) is 6.06. The number of benzene rings is 1. The first-order valence-corrected chi connectivity index (χ1v) is 6.70. The van der Waals surface area contributed by atoms with Crippen molar-refractivity contribution in [2.45, 2.75) is 6.92 Å². The summed E-state index contributed by atoms with van der Waals surface area (Å²) in [5.74, 6) is -1.72. The molecule has 8 heteroatoms. The molecule has 2 amide bonds. The van der Waals surface area contributed by atoms with Crippen LogP contribution in [0.3, 0.4) is 0 Å². The van der Waals surface area contributed by atoms with Gasteiger partial charge in [-0.15, -0.1) is 0 Å². The van der Waals surface area contributed by atoms with E-state index in [1.807, 2.05) is 0 Å². The second-order valence-corrected chi connectivity index (χ2v) is 4.38. The molecule has 0 spiro atoms. The second-order valence-electron chi connectivity index (χ2n) is 3.97. The molecule has 1 aromatic carbocycles. The van der Waals surface area contributed by atoms with Gasteiger partial charge in [0.25, 0.3) is 0 Å². The van der Waals surface area contributed by atoms with Crippen molar-refractivity contribution >= 4 is 40.8 Å². The van der Waals surface area contributed by atoms with E-state index in [0.717, 1.165) is 12.2 Å². The molecule has 1 aromatic rings. The van der Waals surface area contributed by atoms with Crippen molar-refractivity contribution in [2.75, 3.05) is 11.9 Å². The van der Waals surface area contributed by atoms with Crippen LogP contribution >= 0.6 is 12.2 Å². The molecule has 116 valence electrons. The Bertz CT molecular complexity index is 611. The number of rotatable bonds is 5. The number of carbonyl (C=O) groups is 3. The van der Waals surface area contributed by atoms with E-state index in [9.17, 15) is 14.4 Å². The third kappa shape index (κ3) is 6.14. The van der Waals surface area contributed by atoms with E-state index in [2.05, 4.69) is 15.4 Å². The fraction of sp³-hybridized carbons (Fsp3) is 0.143. The van der Waals surface area contributed by atoms with Gasteiger partial charge in [0, 0.05) is 23.4 Å². The number of anilines is 1. The molecule has 0 bridgehead atoms. The lowest BCUT2D eigenvalue weighted by atomic mass is 10.2. The molecule has 0 heterocycles. The van der Waals surface area contributed by atoms with Gasteiger partial charge in [-0.3, -0.25) is 14.9 Å². The first-order valence-electron chi connectivity index (χ1n) is 6.29. The van der Waals surface area contributed by atoms with Crippen molar-refractivity contribution in [3.63, 3.8) is 0 Å². The number of thiocarbonyl (C=S) groups is 1. The lowest BCUT2D eigenvalue weighted by Crippen LogP contribution is -2.33. The van der Waals surface area contributed by atoms with Gasteiger partial charge in [-0.25, -0.2) is 4.79 Å². The van der Waals surface area contributed by atoms with Gasteiger partial charge in [-0.2, -0.15) is 0 Å². The van der Waals surface area contributed by atoms with Crippen LogP contribution in [0.4, 0.5) is 5.69 Å². The zero-order valence-electron chi connectivity index (χ0n) is 11.8. The van der Waals surface area contributed by atoms with Crippen LogP contribution in [0.1, 0.15) is 17.3 Å². The maximum absolute atomic E-state index is 11.5. The standard InChI is InChI=1S/C14H15N3O4S/c1-2-21-12(19)8-7-11(18)17-14(22)16-10-5-3-9(4-6-10)13(15)20/h3-8H,2H2,1H3,(H2,15,20)(H2,16,17,18,22). The highest BCUT2D eigenvalue weighted by Gasteiger charge is 2.04. The summed E-state index contributed by atoms with van der Waals surface area (Å²) >= 11 is 4.94. The lowest BCUT2D eigenvalue weighted by Gasteiger charge is -2.08. The molecule has 22 heavy (non-hydrogen) atoms. The molecule has 0 atom stereocenters. The van der Waals surface area contributed by atoms with Crippen LogP contribution in [0.25, 0.3) is 0 Å². The minimum absolute atomic E-state index is 0.0466. The average Bonchev–Trinajstić information content (AvgIpc) is 2.46. The topological polar surface area (TPSA) is 111 Å². The Labute approximate surface area is 132 Å². The van der Waals surface area contributed by atoms with Gasteiger partial charge in [0.2, 0.25) is 11.8 Å². The Hall–Kier alpha value is -2.74. The van der Waals surface area contributed by atoms with Crippen molar-refractivity contribution in [1.29, 1.82) is 0 Å². The van der Waals surface area contributed by atoms with E-state index in [1.54, 1.807) is 19.1 Å². The number of esters is 1. The third-order valence-electron chi connectivity index (χ3n) is 2.32. The van der Waals surface area contributed by atoms with Crippen LogP contribution < -0.4 is 16.4 Å². The second kappa shape index (κ2) is 8.53. The summed E-state index contributed by atoms with van der Waals surface area (Å²) in [4.78, 5) is 33.5. The largest absolute Gasteiger partial charge is 0.463 e. The molecule has 0 aliphatic rings. The number of hydrogen-bond donors (Lipinski definition) is 3. The number of ether oxygens (including phenoxy) is 1. The molecular weight excluding hydrogens is 306 g/mol. The van der Waals surface area contributed by atoms with Crippen LogP contribution in [0.5, 0.6) is 0 Å². The van der Waals surface area contributed by atoms with Gasteiger partial charge in [0.05, 0.1) is 6.61 Å². The fourth-order valence-electron chi connectivity index (χ4n) is 1.37. The van der Waals surface area contributed by atoms with Crippen molar-refractivity contribution in [3.8, 4) is 0 Å². The Morgan fingerprint density at radius 2 is 1.86 bits per heavy atom. The summed E-state index contributed by atoms with van der Waals surface area (Å²) < 4.78 is 4.63. The van der Waals surface area contributed by atoms with E-state index in [4.69, 9.17) is 18.0 Å². The minimum atomic E-state index is -0.612. The monoisotopic (exact) mass is 321 g/mol. The van der Waals surface area contributed by atoms with Gasteiger partial charge in [-0.1, -0.05) is 0 Å². The normalized spacial score (nSPS) is 10.0. The van der Waals surface area contributed by atoms with Crippen LogP contribution in [0.15, 0.2) is 36.4 Å². The Balaban J connectivity index is 2.50. The molecule has 0 unspecified atom stereocenters. The summed E-state index contributed by atoms with van der Waals surface area (Å²) in [6.45, 7) is 1.89. The number of amides is 2. The fourth-order valence-corrected chi connectivity index (χ4v) is 1.59.